The zero-order valence-electron chi connectivity index (χ0n) is 15.4. The number of nitrogens with one attached hydrogen (secondary N) is 1. The average molecular weight is 362 g/mol. The van der Waals surface area contributed by atoms with Gasteiger partial charge in [-0.15, -0.1) is 0 Å². The topological polar surface area (TPSA) is 68.0 Å². The van der Waals surface area contributed by atoms with Gasteiger partial charge in [-0.3, -0.25) is 14.0 Å². The van der Waals surface area contributed by atoms with E-state index in [-0.39, 0.29) is 5.91 Å². The van der Waals surface area contributed by atoms with Gasteiger partial charge in [0.2, 0.25) is 5.91 Å². The van der Waals surface area contributed by atoms with Gasteiger partial charge < -0.3 is 10.2 Å². The van der Waals surface area contributed by atoms with Crippen LogP contribution in [0.1, 0.15) is 24.1 Å². The molecule has 1 N–H and O–H groups in total. The highest BCUT2D eigenvalue weighted by atomic mass is 16.2. The molecular weight excluding hydrogens is 340 g/mol. The van der Waals surface area contributed by atoms with Crippen LogP contribution in [0.5, 0.6) is 0 Å². The van der Waals surface area contributed by atoms with Crippen LogP contribution >= 0.6 is 0 Å². The van der Waals surface area contributed by atoms with Crippen LogP contribution in [0, 0.1) is 6.92 Å². The van der Waals surface area contributed by atoms with Gasteiger partial charge in [0.25, 0.3) is 0 Å². The fourth-order valence-corrected chi connectivity index (χ4v) is 3.94. The lowest BCUT2D eigenvalue weighted by Crippen LogP contribution is -2.28. The summed E-state index contributed by atoms with van der Waals surface area (Å²) in [6.07, 6.45) is 5.31. The Kier molecular flexibility index (Phi) is 3.82. The van der Waals surface area contributed by atoms with E-state index in [1.165, 1.54) is 5.69 Å². The van der Waals surface area contributed by atoms with Crippen LogP contribution < -0.4 is 10.2 Å². The number of amides is 1. The van der Waals surface area contributed by atoms with Crippen LogP contribution in [0.15, 0.2) is 36.7 Å². The standard InChI is InChI=1S/C20H22N6O/c1-14-4-5-15(12-18(14)25-8-2-3-19(25)27)24-9-7-22-20(24)17-11-16-13-21-6-10-26(16)23-17/h4-5,7,9,11-12,21H,2-3,6,8,10,13H2,1H3. The minimum Gasteiger partial charge on any atom is -0.312 e. The Morgan fingerprint density at radius 1 is 1.19 bits per heavy atom. The Hall–Kier alpha value is -2.93. The Balaban J connectivity index is 1.56. The molecule has 1 aromatic carbocycles. The second kappa shape index (κ2) is 6.35. The number of anilines is 1. The molecule has 4 heterocycles. The SMILES string of the molecule is Cc1ccc(-n2ccnc2-c2cc3n(n2)CCNC3)cc1N1CCCC1=O. The summed E-state index contributed by atoms with van der Waals surface area (Å²) in [6, 6.07) is 8.33. The van der Waals surface area contributed by atoms with Gasteiger partial charge in [-0.25, -0.2) is 4.98 Å². The largest absolute Gasteiger partial charge is 0.312 e. The molecule has 2 aromatic heterocycles. The summed E-state index contributed by atoms with van der Waals surface area (Å²) in [7, 11) is 0. The summed E-state index contributed by atoms with van der Waals surface area (Å²) in [4.78, 5) is 18.7. The third-order valence-corrected chi connectivity index (χ3v) is 5.37. The zero-order chi connectivity index (χ0) is 18.4. The van der Waals surface area contributed by atoms with E-state index in [1.807, 2.05) is 20.3 Å². The van der Waals surface area contributed by atoms with E-state index in [4.69, 9.17) is 5.10 Å². The number of aromatic nitrogens is 4. The minimum atomic E-state index is 0.204. The molecule has 3 aromatic rings. The highest BCUT2D eigenvalue weighted by Gasteiger charge is 2.24. The van der Waals surface area contributed by atoms with Crippen LogP contribution in [0.2, 0.25) is 0 Å². The molecule has 5 rings (SSSR count). The van der Waals surface area contributed by atoms with Crippen molar-refractivity contribution in [2.75, 3.05) is 18.0 Å². The molecule has 7 heteroatoms. The molecule has 2 aliphatic rings. The number of benzene rings is 1. The first kappa shape index (κ1) is 16.3. The quantitative estimate of drug-likeness (QED) is 0.776. The van der Waals surface area contributed by atoms with E-state index < -0.39 is 0 Å². The Labute approximate surface area is 157 Å². The van der Waals surface area contributed by atoms with Gasteiger partial charge in [-0.05, 0) is 37.1 Å². The minimum absolute atomic E-state index is 0.204. The van der Waals surface area contributed by atoms with Gasteiger partial charge in [0, 0.05) is 49.8 Å². The lowest BCUT2D eigenvalue weighted by atomic mass is 10.1. The summed E-state index contributed by atoms with van der Waals surface area (Å²) in [5.74, 6) is 1.02. The number of carbonyl (C=O) groups is 1. The maximum absolute atomic E-state index is 12.2. The van der Waals surface area contributed by atoms with Gasteiger partial charge in [0.1, 0.15) is 5.69 Å². The molecule has 2 aliphatic heterocycles. The van der Waals surface area contributed by atoms with Crippen LogP contribution in [0.4, 0.5) is 5.69 Å². The Bertz CT molecular complexity index is 994. The fourth-order valence-electron chi connectivity index (χ4n) is 3.94. The van der Waals surface area contributed by atoms with Crippen LogP contribution in [0.25, 0.3) is 17.2 Å². The molecule has 1 saturated heterocycles. The van der Waals surface area contributed by atoms with Crippen molar-refractivity contribution in [2.24, 2.45) is 0 Å². The Morgan fingerprint density at radius 2 is 2.11 bits per heavy atom. The summed E-state index contributed by atoms with van der Waals surface area (Å²) >= 11 is 0. The Morgan fingerprint density at radius 3 is 2.93 bits per heavy atom. The molecule has 1 fully saturated rings. The highest BCUT2D eigenvalue weighted by molar-refractivity contribution is 5.96. The van der Waals surface area contributed by atoms with E-state index in [0.717, 1.165) is 61.1 Å². The lowest BCUT2D eigenvalue weighted by molar-refractivity contribution is -0.117. The van der Waals surface area contributed by atoms with Crippen molar-refractivity contribution in [3.8, 4) is 17.2 Å². The first-order valence-corrected chi connectivity index (χ1v) is 9.43. The van der Waals surface area contributed by atoms with Crippen molar-refractivity contribution < 1.29 is 4.79 Å². The summed E-state index contributed by atoms with van der Waals surface area (Å²) in [5.41, 5.74) is 5.14. The molecule has 0 saturated carbocycles. The number of hydrogen-bond donors (Lipinski definition) is 1. The predicted octanol–water partition coefficient (Wildman–Crippen LogP) is 2.27. The molecule has 0 aliphatic carbocycles. The second-order valence-corrected chi connectivity index (χ2v) is 7.16. The molecule has 0 atom stereocenters. The zero-order valence-corrected chi connectivity index (χ0v) is 15.4. The lowest BCUT2D eigenvalue weighted by Gasteiger charge is -2.20. The number of hydrogen-bond acceptors (Lipinski definition) is 4. The van der Waals surface area contributed by atoms with Crippen molar-refractivity contribution in [1.82, 2.24) is 24.6 Å². The van der Waals surface area contributed by atoms with Crippen molar-refractivity contribution >= 4 is 11.6 Å². The van der Waals surface area contributed by atoms with E-state index >= 15 is 0 Å². The molecule has 0 unspecified atom stereocenters. The number of imidazole rings is 1. The molecule has 0 spiro atoms. The van der Waals surface area contributed by atoms with Crippen LogP contribution in [-0.4, -0.2) is 38.3 Å². The van der Waals surface area contributed by atoms with Crippen molar-refractivity contribution in [1.29, 1.82) is 0 Å². The van der Waals surface area contributed by atoms with E-state index in [1.54, 1.807) is 6.20 Å². The van der Waals surface area contributed by atoms with Crippen molar-refractivity contribution in [2.45, 2.75) is 32.9 Å². The smallest absolute Gasteiger partial charge is 0.227 e. The number of nitrogens with zero attached hydrogens (tertiary/aromatic N) is 5. The van der Waals surface area contributed by atoms with E-state index in [2.05, 4.69) is 41.5 Å². The number of rotatable bonds is 3. The van der Waals surface area contributed by atoms with Crippen LogP contribution in [0.3, 0.4) is 0 Å². The molecule has 138 valence electrons. The van der Waals surface area contributed by atoms with Gasteiger partial charge >= 0.3 is 0 Å². The fraction of sp³-hybridized carbons (Fsp3) is 0.350. The molecule has 7 nitrogen and oxygen atoms in total. The second-order valence-electron chi connectivity index (χ2n) is 7.16. The first-order chi connectivity index (χ1) is 13.2. The van der Waals surface area contributed by atoms with Crippen molar-refractivity contribution in [3.63, 3.8) is 0 Å². The number of aryl methyl sites for hydroxylation is 1. The normalized spacial score (nSPS) is 16.8. The monoisotopic (exact) mass is 362 g/mol. The maximum atomic E-state index is 12.2. The highest BCUT2D eigenvalue weighted by Crippen LogP contribution is 2.29. The van der Waals surface area contributed by atoms with Crippen LogP contribution in [-0.2, 0) is 17.9 Å². The van der Waals surface area contributed by atoms with Gasteiger partial charge in [0.05, 0.1) is 12.2 Å². The third kappa shape index (κ3) is 2.75. The summed E-state index contributed by atoms with van der Waals surface area (Å²) < 4.78 is 4.10. The molecule has 27 heavy (non-hydrogen) atoms. The maximum Gasteiger partial charge on any atom is 0.227 e. The molecular formula is C20H22N6O. The predicted molar refractivity (Wildman–Crippen MR) is 103 cm³/mol. The van der Waals surface area contributed by atoms with E-state index in [0.29, 0.717) is 6.42 Å². The first-order valence-electron chi connectivity index (χ1n) is 9.43. The molecule has 0 radical (unpaired) electrons. The average Bonchev–Trinajstić information content (AvgIpc) is 3.40. The third-order valence-electron chi connectivity index (χ3n) is 5.37. The molecule has 1 amide bonds. The number of fused-ring (bicyclic) bond motifs is 1. The summed E-state index contributed by atoms with van der Waals surface area (Å²) in [5, 5.41) is 8.11. The van der Waals surface area contributed by atoms with Gasteiger partial charge in [-0.2, -0.15) is 5.10 Å². The summed E-state index contributed by atoms with van der Waals surface area (Å²) in [6.45, 7) is 5.49. The van der Waals surface area contributed by atoms with Gasteiger partial charge in [0.15, 0.2) is 5.82 Å². The molecule has 0 bridgehead atoms. The number of carbonyl (C=O) groups excluding carboxylic acids is 1. The van der Waals surface area contributed by atoms with Crippen molar-refractivity contribution in [3.05, 3.63) is 47.9 Å². The van der Waals surface area contributed by atoms with E-state index in [9.17, 15) is 4.79 Å². The van der Waals surface area contributed by atoms with Gasteiger partial charge in [-0.1, -0.05) is 6.07 Å².